The van der Waals surface area contributed by atoms with E-state index < -0.39 is 0 Å². The molecule has 0 unspecified atom stereocenters. The highest BCUT2D eigenvalue weighted by atomic mass is 35.5. The number of nitrogens with one attached hydrogen (secondary N) is 1. The number of anilines is 1. The minimum atomic E-state index is 0.439. The molecule has 0 saturated carbocycles. The average Bonchev–Trinajstić information content (AvgIpc) is 2.92. The summed E-state index contributed by atoms with van der Waals surface area (Å²) in [7, 11) is 0. The highest BCUT2D eigenvalue weighted by Crippen LogP contribution is 2.21. The van der Waals surface area contributed by atoms with E-state index in [1.807, 2.05) is 25.3 Å². The molecular weight excluding hydrogens is 276 g/mol. The molecule has 3 rings (SSSR count). The molecule has 0 bridgehead atoms. The fraction of sp³-hybridized carbons (Fsp3) is 0.231. The maximum atomic E-state index is 6.10. The number of nitrogens with zero attached hydrogens (tertiary/aromatic N) is 5. The molecule has 1 N–H and O–H groups in total. The molecule has 0 radical (unpaired) electrons. The van der Waals surface area contributed by atoms with Crippen LogP contribution in [-0.4, -0.2) is 31.1 Å². The largest absolute Gasteiger partial charge is 0.369 e. The van der Waals surface area contributed by atoms with Crippen LogP contribution in [0.5, 0.6) is 0 Å². The Labute approximate surface area is 120 Å². The van der Waals surface area contributed by atoms with Gasteiger partial charge >= 0.3 is 0 Å². The third kappa shape index (κ3) is 2.42. The maximum absolute atomic E-state index is 6.10. The summed E-state index contributed by atoms with van der Waals surface area (Å²) < 4.78 is 1.66. The molecule has 0 spiro atoms. The van der Waals surface area contributed by atoms with Crippen LogP contribution in [0.3, 0.4) is 0 Å². The van der Waals surface area contributed by atoms with Gasteiger partial charge in [0.05, 0.1) is 0 Å². The first-order valence-corrected chi connectivity index (χ1v) is 6.62. The average molecular weight is 289 g/mol. The Morgan fingerprint density at radius 1 is 1.40 bits per heavy atom. The zero-order valence-electron chi connectivity index (χ0n) is 10.9. The van der Waals surface area contributed by atoms with Gasteiger partial charge in [-0.1, -0.05) is 17.7 Å². The van der Waals surface area contributed by atoms with Crippen molar-refractivity contribution in [2.24, 2.45) is 0 Å². The summed E-state index contributed by atoms with van der Waals surface area (Å²) >= 11 is 6.10. The molecule has 0 aromatic carbocycles. The smallest absolute Gasteiger partial charge is 0.255 e. The lowest BCUT2D eigenvalue weighted by Crippen LogP contribution is -2.11. The summed E-state index contributed by atoms with van der Waals surface area (Å²) in [6.45, 7) is 2.66. The van der Waals surface area contributed by atoms with Crippen LogP contribution in [0.1, 0.15) is 11.1 Å². The quantitative estimate of drug-likeness (QED) is 0.745. The van der Waals surface area contributed by atoms with Crippen LogP contribution in [0.25, 0.3) is 5.78 Å². The first-order valence-electron chi connectivity index (χ1n) is 6.24. The summed E-state index contributed by atoms with van der Waals surface area (Å²) in [6.07, 6.45) is 5.95. The molecule has 0 atom stereocenters. The van der Waals surface area contributed by atoms with E-state index in [1.165, 1.54) is 11.9 Å². The molecule has 0 fully saturated rings. The highest BCUT2D eigenvalue weighted by Gasteiger charge is 2.11. The number of fused-ring (bicyclic) bond motifs is 1. The molecule has 0 amide bonds. The van der Waals surface area contributed by atoms with Crippen molar-refractivity contribution in [3.8, 4) is 0 Å². The Morgan fingerprint density at radius 2 is 2.30 bits per heavy atom. The molecule has 3 aromatic heterocycles. The van der Waals surface area contributed by atoms with Gasteiger partial charge in [-0.15, -0.1) is 0 Å². The summed E-state index contributed by atoms with van der Waals surface area (Å²) in [6, 6.07) is 3.98. The number of hydrogen-bond acceptors (Lipinski definition) is 5. The summed E-state index contributed by atoms with van der Waals surface area (Å²) in [5, 5.41) is 7.93. The SMILES string of the molecule is Cc1c(Cl)nc2ncnn2c1NCCc1cccnc1. The molecule has 6 nitrogen and oxygen atoms in total. The first-order chi connectivity index (χ1) is 9.75. The molecule has 0 aliphatic rings. The number of rotatable bonds is 4. The van der Waals surface area contributed by atoms with E-state index in [1.54, 1.807) is 10.7 Å². The predicted octanol–water partition coefficient (Wildman–Crippen LogP) is 2.14. The highest BCUT2D eigenvalue weighted by molar-refractivity contribution is 6.30. The Hall–Kier alpha value is -2.21. The Balaban J connectivity index is 1.80. The van der Waals surface area contributed by atoms with Crippen LogP contribution >= 0.6 is 11.6 Å². The normalized spacial score (nSPS) is 10.9. The maximum Gasteiger partial charge on any atom is 0.255 e. The molecular formula is C13H13ClN6. The predicted molar refractivity (Wildman–Crippen MR) is 77.0 cm³/mol. The van der Waals surface area contributed by atoms with E-state index in [-0.39, 0.29) is 0 Å². The molecule has 7 heteroatoms. The topological polar surface area (TPSA) is 68.0 Å². The van der Waals surface area contributed by atoms with Crippen molar-refractivity contribution >= 4 is 23.2 Å². The van der Waals surface area contributed by atoms with Crippen molar-refractivity contribution in [2.75, 3.05) is 11.9 Å². The van der Waals surface area contributed by atoms with Gasteiger partial charge in [-0.05, 0) is 25.0 Å². The van der Waals surface area contributed by atoms with Crippen molar-refractivity contribution < 1.29 is 0 Å². The van der Waals surface area contributed by atoms with Gasteiger partial charge in [0.1, 0.15) is 17.3 Å². The van der Waals surface area contributed by atoms with E-state index in [9.17, 15) is 0 Å². The molecule has 0 aliphatic carbocycles. The lowest BCUT2D eigenvalue weighted by atomic mass is 10.2. The van der Waals surface area contributed by atoms with Crippen molar-refractivity contribution in [1.29, 1.82) is 0 Å². The zero-order chi connectivity index (χ0) is 13.9. The van der Waals surface area contributed by atoms with Crippen LogP contribution in [-0.2, 0) is 6.42 Å². The fourth-order valence-electron chi connectivity index (χ4n) is 1.98. The lowest BCUT2D eigenvalue weighted by Gasteiger charge is -2.11. The van der Waals surface area contributed by atoms with E-state index >= 15 is 0 Å². The van der Waals surface area contributed by atoms with Crippen molar-refractivity contribution in [3.05, 3.63) is 47.1 Å². The van der Waals surface area contributed by atoms with Gasteiger partial charge in [-0.2, -0.15) is 19.6 Å². The molecule has 102 valence electrons. The third-order valence-corrected chi connectivity index (χ3v) is 3.40. The molecule has 0 aliphatic heterocycles. The third-order valence-electron chi connectivity index (χ3n) is 3.03. The lowest BCUT2D eigenvalue weighted by molar-refractivity contribution is 0.902. The van der Waals surface area contributed by atoms with Gasteiger partial charge in [0.25, 0.3) is 5.78 Å². The van der Waals surface area contributed by atoms with Crippen molar-refractivity contribution in [3.63, 3.8) is 0 Å². The summed E-state index contributed by atoms with van der Waals surface area (Å²) in [5.74, 6) is 1.31. The van der Waals surface area contributed by atoms with Gasteiger partial charge in [0, 0.05) is 24.5 Å². The second-order valence-corrected chi connectivity index (χ2v) is 4.74. The summed E-state index contributed by atoms with van der Waals surface area (Å²) in [4.78, 5) is 12.3. The Bertz CT molecular complexity index is 724. The summed E-state index contributed by atoms with van der Waals surface area (Å²) in [5.41, 5.74) is 2.03. The molecule has 20 heavy (non-hydrogen) atoms. The minimum Gasteiger partial charge on any atom is -0.369 e. The van der Waals surface area contributed by atoms with E-state index in [0.29, 0.717) is 10.9 Å². The van der Waals surface area contributed by atoms with Crippen LogP contribution in [0.15, 0.2) is 30.9 Å². The zero-order valence-corrected chi connectivity index (χ0v) is 11.7. The van der Waals surface area contributed by atoms with Crippen LogP contribution in [0, 0.1) is 6.92 Å². The standard InChI is InChI=1S/C13H13ClN6/c1-9-11(14)19-13-17-8-18-20(13)12(9)16-6-4-10-3-2-5-15-7-10/h2-3,5,7-8,16H,4,6H2,1H3. The van der Waals surface area contributed by atoms with Gasteiger partial charge in [-0.25, -0.2) is 0 Å². The Kier molecular flexibility index (Phi) is 3.47. The molecule has 3 heterocycles. The van der Waals surface area contributed by atoms with Gasteiger partial charge in [-0.3, -0.25) is 4.98 Å². The van der Waals surface area contributed by atoms with E-state index in [0.717, 1.165) is 24.3 Å². The fourth-order valence-corrected chi connectivity index (χ4v) is 2.14. The van der Waals surface area contributed by atoms with E-state index in [2.05, 4.69) is 25.4 Å². The van der Waals surface area contributed by atoms with Crippen molar-refractivity contribution in [2.45, 2.75) is 13.3 Å². The second-order valence-electron chi connectivity index (χ2n) is 4.39. The van der Waals surface area contributed by atoms with E-state index in [4.69, 9.17) is 11.6 Å². The first kappa shape index (κ1) is 12.8. The number of hydrogen-bond donors (Lipinski definition) is 1. The monoisotopic (exact) mass is 288 g/mol. The van der Waals surface area contributed by atoms with Crippen LogP contribution in [0.4, 0.5) is 5.82 Å². The van der Waals surface area contributed by atoms with Crippen molar-refractivity contribution in [1.82, 2.24) is 24.6 Å². The Morgan fingerprint density at radius 3 is 3.10 bits per heavy atom. The van der Waals surface area contributed by atoms with Gasteiger partial charge < -0.3 is 5.32 Å². The number of pyridine rings is 1. The van der Waals surface area contributed by atoms with Crippen LogP contribution in [0.2, 0.25) is 5.15 Å². The van der Waals surface area contributed by atoms with Gasteiger partial charge in [0.15, 0.2) is 0 Å². The molecule has 3 aromatic rings. The molecule has 0 saturated heterocycles. The van der Waals surface area contributed by atoms with Gasteiger partial charge in [0.2, 0.25) is 0 Å². The minimum absolute atomic E-state index is 0.439. The number of halogens is 1. The second kappa shape index (κ2) is 5.42. The van der Waals surface area contributed by atoms with Crippen LogP contribution < -0.4 is 5.32 Å². The number of aromatic nitrogens is 5.